The predicted molar refractivity (Wildman–Crippen MR) is 136 cm³/mol. The number of halogens is 3. The van der Waals surface area contributed by atoms with E-state index in [2.05, 4.69) is 15.0 Å². The van der Waals surface area contributed by atoms with E-state index in [0.717, 1.165) is 46.5 Å². The largest absolute Gasteiger partial charge is 0.495 e. The van der Waals surface area contributed by atoms with Gasteiger partial charge in [-0.1, -0.05) is 30.6 Å². The number of hydrogen-bond donors (Lipinski definition) is 2. The maximum absolute atomic E-state index is 13.2. The zero-order chi connectivity index (χ0) is 25.9. The Balaban J connectivity index is 1.57. The standard InChI is InChI=1S/C25H28F3N3O3S2/c1-16-23(35-24(30-16)29-15-17-6-4-3-5-7-17)18-8-13-21(34-2)22(14-18)36(32,33)31-20-11-9-19(10-12-20)25(26,27)28/h8-14,17,31H,3-7,15H2,1-2H3,(H,29,30). The molecule has 1 fully saturated rings. The van der Waals surface area contributed by atoms with Gasteiger partial charge >= 0.3 is 6.18 Å². The molecule has 6 nitrogen and oxygen atoms in total. The van der Waals surface area contributed by atoms with E-state index in [-0.39, 0.29) is 16.3 Å². The maximum Gasteiger partial charge on any atom is 0.416 e. The van der Waals surface area contributed by atoms with Crippen LogP contribution in [0.3, 0.4) is 0 Å². The number of hydrogen-bond acceptors (Lipinski definition) is 6. The van der Waals surface area contributed by atoms with Crippen LogP contribution >= 0.6 is 11.3 Å². The number of thiazole rings is 1. The third kappa shape index (κ3) is 6.12. The molecule has 2 N–H and O–H groups in total. The molecule has 0 saturated heterocycles. The highest BCUT2D eigenvalue weighted by atomic mass is 32.2. The van der Waals surface area contributed by atoms with Gasteiger partial charge in [-0.05, 0) is 73.7 Å². The van der Waals surface area contributed by atoms with E-state index >= 15 is 0 Å². The lowest BCUT2D eigenvalue weighted by Gasteiger charge is -2.21. The average Bonchev–Trinajstić information content (AvgIpc) is 3.23. The Morgan fingerprint density at radius 1 is 1.08 bits per heavy atom. The number of anilines is 2. The fraction of sp³-hybridized carbons (Fsp3) is 0.400. The van der Waals surface area contributed by atoms with Gasteiger partial charge in [0.05, 0.1) is 23.2 Å². The summed E-state index contributed by atoms with van der Waals surface area (Å²) in [7, 11) is -2.79. The van der Waals surface area contributed by atoms with Crippen LogP contribution < -0.4 is 14.8 Å². The molecule has 0 bridgehead atoms. The topological polar surface area (TPSA) is 80.3 Å². The van der Waals surface area contributed by atoms with E-state index in [1.54, 1.807) is 12.1 Å². The minimum atomic E-state index is -4.51. The van der Waals surface area contributed by atoms with Gasteiger partial charge in [-0.3, -0.25) is 4.72 Å². The van der Waals surface area contributed by atoms with E-state index in [1.165, 1.54) is 56.6 Å². The quantitative estimate of drug-likeness (QED) is 0.324. The van der Waals surface area contributed by atoms with Crippen molar-refractivity contribution in [2.45, 2.75) is 50.1 Å². The molecule has 3 aromatic rings. The first-order chi connectivity index (χ1) is 17.1. The Morgan fingerprint density at radius 2 is 1.78 bits per heavy atom. The second-order valence-corrected chi connectivity index (χ2v) is 11.5. The minimum absolute atomic E-state index is 0.0126. The first-order valence-corrected chi connectivity index (χ1v) is 14.0. The Kier molecular flexibility index (Phi) is 7.79. The number of aryl methyl sites for hydroxylation is 1. The number of methoxy groups -OCH3 is 1. The molecule has 1 aliphatic rings. The Labute approximate surface area is 213 Å². The van der Waals surface area contributed by atoms with Crippen LogP contribution in [0.15, 0.2) is 47.4 Å². The highest BCUT2D eigenvalue weighted by Gasteiger charge is 2.30. The summed E-state index contributed by atoms with van der Waals surface area (Å²) >= 11 is 1.46. The molecule has 0 unspecified atom stereocenters. The van der Waals surface area contributed by atoms with Crippen molar-refractivity contribution in [1.82, 2.24) is 4.98 Å². The highest BCUT2D eigenvalue weighted by molar-refractivity contribution is 7.92. The number of rotatable bonds is 8. The van der Waals surface area contributed by atoms with Gasteiger partial charge in [-0.15, -0.1) is 0 Å². The summed E-state index contributed by atoms with van der Waals surface area (Å²) in [5, 5.41) is 4.22. The molecule has 0 radical (unpaired) electrons. The van der Waals surface area contributed by atoms with Gasteiger partial charge in [0.2, 0.25) is 0 Å². The number of sulfonamides is 1. The molecule has 0 aliphatic heterocycles. The maximum atomic E-state index is 13.2. The first kappa shape index (κ1) is 26.3. The van der Waals surface area contributed by atoms with Gasteiger partial charge in [0.25, 0.3) is 10.0 Å². The van der Waals surface area contributed by atoms with Crippen LogP contribution in [-0.4, -0.2) is 27.1 Å². The van der Waals surface area contributed by atoms with Gasteiger partial charge in [-0.25, -0.2) is 13.4 Å². The van der Waals surface area contributed by atoms with Crippen molar-refractivity contribution in [2.24, 2.45) is 5.92 Å². The van der Waals surface area contributed by atoms with Crippen LogP contribution in [0.5, 0.6) is 5.75 Å². The van der Waals surface area contributed by atoms with Crippen LogP contribution in [0.1, 0.15) is 43.4 Å². The van der Waals surface area contributed by atoms with Gasteiger partial charge in [0.15, 0.2) is 5.13 Å². The van der Waals surface area contributed by atoms with Crippen molar-refractivity contribution in [3.05, 3.63) is 53.7 Å². The molecule has 11 heteroatoms. The molecule has 1 aromatic heterocycles. The SMILES string of the molecule is COc1ccc(-c2sc(NCC3CCCCC3)nc2C)cc1S(=O)(=O)Nc1ccc(C(F)(F)F)cc1. The smallest absolute Gasteiger partial charge is 0.416 e. The predicted octanol–water partition coefficient (Wildman–Crippen LogP) is 6.94. The monoisotopic (exact) mass is 539 g/mol. The lowest BCUT2D eigenvalue weighted by Crippen LogP contribution is -2.16. The Hall–Kier alpha value is -2.79. The lowest BCUT2D eigenvalue weighted by molar-refractivity contribution is -0.137. The molecule has 2 aromatic carbocycles. The normalized spacial score (nSPS) is 15.0. The number of ether oxygens (including phenoxy) is 1. The molecule has 1 saturated carbocycles. The van der Waals surface area contributed by atoms with Gasteiger partial charge in [-0.2, -0.15) is 13.2 Å². The fourth-order valence-electron chi connectivity index (χ4n) is 4.33. The van der Waals surface area contributed by atoms with E-state index < -0.39 is 21.8 Å². The number of benzene rings is 2. The molecule has 194 valence electrons. The number of nitrogens with zero attached hydrogens (tertiary/aromatic N) is 1. The third-order valence-electron chi connectivity index (χ3n) is 6.24. The summed E-state index contributed by atoms with van der Waals surface area (Å²) in [6.45, 7) is 2.74. The molecule has 0 amide bonds. The molecule has 36 heavy (non-hydrogen) atoms. The minimum Gasteiger partial charge on any atom is -0.495 e. The summed E-state index contributed by atoms with van der Waals surface area (Å²) in [5.41, 5.74) is 0.580. The summed E-state index contributed by atoms with van der Waals surface area (Å²) in [6, 6.07) is 8.63. The van der Waals surface area contributed by atoms with Crippen LogP contribution in [-0.2, 0) is 16.2 Å². The number of nitrogens with one attached hydrogen (secondary N) is 2. The van der Waals surface area contributed by atoms with E-state index in [4.69, 9.17) is 4.74 Å². The molecular weight excluding hydrogens is 511 g/mol. The van der Waals surface area contributed by atoms with Crippen molar-refractivity contribution in [3.8, 4) is 16.2 Å². The molecule has 0 atom stereocenters. The van der Waals surface area contributed by atoms with Crippen LogP contribution in [0.2, 0.25) is 0 Å². The fourth-order valence-corrected chi connectivity index (χ4v) is 6.55. The average molecular weight is 540 g/mol. The Bertz CT molecular complexity index is 1300. The van der Waals surface area contributed by atoms with Crippen LogP contribution in [0, 0.1) is 12.8 Å². The zero-order valence-corrected chi connectivity index (χ0v) is 21.6. The molecular formula is C25H28F3N3O3S2. The second kappa shape index (κ2) is 10.7. The van der Waals surface area contributed by atoms with Crippen LogP contribution in [0.25, 0.3) is 10.4 Å². The van der Waals surface area contributed by atoms with Crippen molar-refractivity contribution in [1.29, 1.82) is 0 Å². The van der Waals surface area contributed by atoms with Gasteiger partial charge < -0.3 is 10.1 Å². The van der Waals surface area contributed by atoms with Crippen molar-refractivity contribution < 1.29 is 26.3 Å². The summed E-state index contributed by atoms with van der Waals surface area (Å²) in [6.07, 6.45) is 1.75. The molecule has 1 aliphatic carbocycles. The zero-order valence-electron chi connectivity index (χ0n) is 20.0. The Morgan fingerprint density at radius 3 is 2.42 bits per heavy atom. The summed E-state index contributed by atoms with van der Waals surface area (Å²) in [4.78, 5) is 5.33. The third-order valence-corrected chi connectivity index (χ3v) is 8.81. The van der Waals surface area contributed by atoms with Crippen molar-refractivity contribution >= 4 is 32.2 Å². The summed E-state index contributed by atoms with van der Waals surface area (Å²) in [5.74, 6) is 0.761. The van der Waals surface area contributed by atoms with Crippen molar-refractivity contribution in [3.63, 3.8) is 0 Å². The van der Waals surface area contributed by atoms with E-state index in [0.29, 0.717) is 11.5 Å². The van der Waals surface area contributed by atoms with Gasteiger partial charge in [0.1, 0.15) is 10.6 Å². The second-order valence-electron chi connectivity index (χ2n) is 8.86. The van der Waals surface area contributed by atoms with Crippen LogP contribution in [0.4, 0.5) is 24.0 Å². The lowest BCUT2D eigenvalue weighted by atomic mass is 9.89. The first-order valence-electron chi connectivity index (χ1n) is 11.7. The number of aromatic nitrogens is 1. The molecule has 0 spiro atoms. The number of alkyl halides is 3. The van der Waals surface area contributed by atoms with E-state index in [9.17, 15) is 21.6 Å². The highest BCUT2D eigenvalue weighted by Crippen LogP contribution is 2.37. The van der Waals surface area contributed by atoms with Gasteiger partial charge in [0, 0.05) is 12.2 Å². The van der Waals surface area contributed by atoms with Crippen molar-refractivity contribution in [2.75, 3.05) is 23.7 Å². The summed E-state index contributed by atoms with van der Waals surface area (Å²) < 4.78 is 72.5. The molecule has 4 rings (SSSR count). The molecule has 1 heterocycles. The van der Waals surface area contributed by atoms with E-state index in [1.807, 2.05) is 6.92 Å².